The van der Waals surface area contributed by atoms with Crippen LogP contribution in [0.25, 0.3) is 0 Å². The zero-order chi connectivity index (χ0) is 12.0. The summed E-state index contributed by atoms with van der Waals surface area (Å²) in [5.41, 5.74) is 5.77. The molecule has 3 nitrogen and oxygen atoms in total. The molecular weight excluding hydrogens is 223 g/mol. The highest BCUT2D eigenvalue weighted by atomic mass is 19.4. The average molecular weight is 241 g/mol. The molecule has 1 fully saturated rings. The Labute approximate surface area is 93.1 Å². The predicted molar refractivity (Wildman–Crippen MR) is 53.1 cm³/mol. The second-order valence-corrected chi connectivity index (χ2v) is 4.03. The molecule has 2 atom stereocenters. The second-order valence-electron chi connectivity index (χ2n) is 4.03. The van der Waals surface area contributed by atoms with Crippen LogP contribution in [0, 0.1) is 0 Å². The van der Waals surface area contributed by atoms with E-state index in [1.165, 1.54) is 0 Å². The number of rotatable bonds is 6. The molecule has 0 aromatic carbocycles. The van der Waals surface area contributed by atoms with E-state index in [0.717, 1.165) is 19.3 Å². The number of ether oxygens (including phenoxy) is 2. The van der Waals surface area contributed by atoms with Gasteiger partial charge in [-0.15, -0.1) is 0 Å². The molecule has 2 N–H and O–H groups in total. The molecule has 2 unspecified atom stereocenters. The molecule has 0 spiro atoms. The van der Waals surface area contributed by atoms with Gasteiger partial charge in [-0.25, -0.2) is 0 Å². The van der Waals surface area contributed by atoms with E-state index < -0.39 is 12.8 Å². The maximum absolute atomic E-state index is 11.7. The summed E-state index contributed by atoms with van der Waals surface area (Å²) in [4.78, 5) is 0. The normalized spacial score (nSPS) is 26.2. The fourth-order valence-corrected chi connectivity index (χ4v) is 1.75. The molecule has 0 aliphatic heterocycles. The summed E-state index contributed by atoms with van der Waals surface area (Å²) in [5.74, 6) is 0. The Kier molecular flexibility index (Phi) is 5.51. The molecule has 0 aromatic rings. The van der Waals surface area contributed by atoms with Gasteiger partial charge >= 0.3 is 6.18 Å². The standard InChI is InChI=1S/C10H18F3NO2/c11-10(12,13)7-15-5-2-6-16-9-4-1-3-8(9)14/h8-9H,1-7,14H2. The van der Waals surface area contributed by atoms with Crippen LogP contribution in [0.4, 0.5) is 13.2 Å². The Morgan fingerprint density at radius 3 is 2.50 bits per heavy atom. The number of alkyl halides is 3. The molecule has 0 bridgehead atoms. The van der Waals surface area contributed by atoms with E-state index in [4.69, 9.17) is 10.5 Å². The Balaban J connectivity index is 1.92. The first-order valence-corrected chi connectivity index (χ1v) is 5.51. The first kappa shape index (κ1) is 13.7. The SMILES string of the molecule is NC1CCCC1OCCCOCC(F)(F)F. The van der Waals surface area contributed by atoms with E-state index in [1.54, 1.807) is 0 Å². The monoisotopic (exact) mass is 241 g/mol. The van der Waals surface area contributed by atoms with Crippen LogP contribution in [0.1, 0.15) is 25.7 Å². The second kappa shape index (κ2) is 6.42. The van der Waals surface area contributed by atoms with Gasteiger partial charge in [-0.3, -0.25) is 0 Å². The van der Waals surface area contributed by atoms with Crippen molar-refractivity contribution in [3.8, 4) is 0 Å². The third-order valence-corrected chi connectivity index (χ3v) is 2.53. The summed E-state index contributed by atoms with van der Waals surface area (Å²) < 4.78 is 45.0. The van der Waals surface area contributed by atoms with E-state index in [2.05, 4.69) is 4.74 Å². The molecule has 6 heteroatoms. The van der Waals surface area contributed by atoms with Crippen molar-refractivity contribution in [2.45, 2.75) is 44.0 Å². The molecule has 0 amide bonds. The van der Waals surface area contributed by atoms with Gasteiger partial charge in [0.25, 0.3) is 0 Å². The highest BCUT2D eigenvalue weighted by molar-refractivity contribution is 4.80. The molecule has 1 aliphatic rings. The van der Waals surface area contributed by atoms with Crippen molar-refractivity contribution in [3.63, 3.8) is 0 Å². The van der Waals surface area contributed by atoms with Gasteiger partial charge in [-0.05, 0) is 25.7 Å². The van der Waals surface area contributed by atoms with Crippen LogP contribution in [0.3, 0.4) is 0 Å². The van der Waals surface area contributed by atoms with Gasteiger partial charge in [0.15, 0.2) is 0 Å². The van der Waals surface area contributed by atoms with Gasteiger partial charge in [0.2, 0.25) is 0 Å². The van der Waals surface area contributed by atoms with Crippen LogP contribution < -0.4 is 5.73 Å². The minimum absolute atomic E-state index is 0.0709. The van der Waals surface area contributed by atoms with Crippen molar-refractivity contribution in [2.24, 2.45) is 5.73 Å². The van der Waals surface area contributed by atoms with Crippen molar-refractivity contribution >= 4 is 0 Å². The maximum atomic E-state index is 11.7. The largest absolute Gasteiger partial charge is 0.411 e. The lowest BCUT2D eigenvalue weighted by molar-refractivity contribution is -0.174. The lowest BCUT2D eigenvalue weighted by Gasteiger charge is -2.16. The maximum Gasteiger partial charge on any atom is 0.411 e. The van der Waals surface area contributed by atoms with Gasteiger partial charge in [-0.1, -0.05) is 0 Å². The first-order valence-electron chi connectivity index (χ1n) is 5.51. The van der Waals surface area contributed by atoms with E-state index in [-0.39, 0.29) is 18.8 Å². The Hall–Kier alpha value is -0.330. The van der Waals surface area contributed by atoms with Crippen LogP contribution in [0.2, 0.25) is 0 Å². The van der Waals surface area contributed by atoms with Crippen LogP contribution in [-0.2, 0) is 9.47 Å². The summed E-state index contributed by atoms with van der Waals surface area (Å²) in [7, 11) is 0. The topological polar surface area (TPSA) is 44.5 Å². The third kappa shape index (κ3) is 5.67. The fourth-order valence-electron chi connectivity index (χ4n) is 1.75. The van der Waals surface area contributed by atoms with E-state index in [9.17, 15) is 13.2 Å². The quantitative estimate of drug-likeness (QED) is 0.722. The van der Waals surface area contributed by atoms with Gasteiger partial charge in [0.1, 0.15) is 6.61 Å². The van der Waals surface area contributed by atoms with E-state index in [0.29, 0.717) is 13.0 Å². The number of hydrogen-bond acceptors (Lipinski definition) is 3. The lowest BCUT2D eigenvalue weighted by Crippen LogP contribution is -2.31. The first-order chi connectivity index (χ1) is 7.49. The van der Waals surface area contributed by atoms with Crippen molar-refractivity contribution in [3.05, 3.63) is 0 Å². The molecule has 0 heterocycles. The number of nitrogens with two attached hydrogens (primary N) is 1. The fraction of sp³-hybridized carbons (Fsp3) is 1.00. The minimum Gasteiger partial charge on any atom is -0.377 e. The van der Waals surface area contributed by atoms with Gasteiger partial charge in [0, 0.05) is 19.3 Å². The molecule has 16 heavy (non-hydrogen) atoms. The van der Waals surface area contributed by atoms with Crippen LogP contribution in [0.5, 0.6) is 0 Å². The molecular formula is C10H18F3NO2. The Bertz CT molecular complexity index is 199. The zero-order valence-corrected chi connectivity index (χ0v) is 9.13. The van der Waals surface area contributed by atoms with Crippen LogP contribution in [0.15, 0.2) is 0 Å². The molecule has 96 valence electrons. The summed E-state index contributed by atoms with van der Waals surface area (Å²) in [6.07, 6.45) is -0.716. The molecule has 0 saturated heterocycles. The van der Waals surface area contributed by atoms with Gasteiger partial charge < -0.3 is 15.2 Å². The highest BCUT2D eigenvalue weighted by Crippen LogP contribution is 2.20. The Morgan fingerprint density at radius 2 is 1.94 bits per heavy atom. The Morgan fingerprint density at radius 1 is 1.19 bits per heavy atom. The van der Waals surface area contributed by atoms with Crippen molar-refractivity contribution in [2.75, 3.05) is 19.8 Å². The van der Waals surface area contributed by atoms with Gasteiger partial charge in [-0.2, -0.15) is 13.2 Å². The summed E-state index contributed by atoms with van der Waals surface area (Å²) in [6, 6.07) is 0.0797. The van der Waals surface area contributed by atoms with Crippen LogP contribution in [-0.4, -0.2) is 38.1 Å². The number of hydrogen-bond donors (Lipinski definition) is 1. The molecule has 1 rings (SSSR count). The lowest BCUT2D eigenvalue weighted by atomic mass is 10.2. The molecule has 0 radical (unpaired) electrons. The minimum atomic E-state index is -4.24. The molecule has 1 aliphatic carbocycles. The predicted octanol–water partition coefficient (Wildman–Crippen LogP) is 1.85. The van der Waals surface area contributed by atoms with Crippen LogP contribution >= 0.6 is 0 Å². The highest BCUT2D eigenvalue weighted by Gasteiger charge is 2.27. The van der Waals surface area contributed by atoms with Gasteiger partial charge in [0.05, 0.1) is 6.10 Å². The molecule has 1 saturated carbocycles. The number of halogens is 3. The average Bonchev–Trinajstić information content (AvgIpc) is 2.56. The van der Waals surface area contributed by atoms with Crippen molar-refractivity contribution < 1.29 is 22.6 Å². The molecule has 0 aromatic heterocycles. The van der Waals surface area contributed by atoms with E-state index >= 15 is 0 Å². The summed E-state index contributed by atoms with van der Waals surface area (Å²) in [5, 5.41) is 0. The third-order valence-electron chi connectivity index (χ3n) is 2.53. The zero-order valence-electron chi connectivity index (χ0n) is 9.13. The summed E-state index contributed by atoms with van der Waals surface area (Å²) >= 11 is 0. The van der Waals surface area contributed by atoms with Crippen molar-refractivity contribution in [1.82, 2.24) is 0 Å². The summed E-state index contributed by atoms with van der Waals surface area (Å²) in [6.45, 7) is -0.701. The van der Waals surface area contributed by atoms with Crippen molar-refractivity contribution in [1.29, 1.82) is 0 Å². The smallest absolute Gasteiger partial charge is 0.377 e. The van der Waals surface area contributed by atoms with E-state index in [1.807, 2.05) is 0 Å².